The molecule has 1 N–H and O–H groups in total. The van der Waals surface area contributed by atoms with Crippen LogP contribution in [0.3, 0.4) is 0 Å². The van der Waals surface area contributed by atoms with E-state index in [9.17, 15) is 4.79 Å². The highest BCUT2D eigenvalue weighted by molar-refractivity contribution is 5.73. The molecule has 1 aliphatic rings. The van der Waals surface area contributed by atoms with Crippen LogP contribution in [-0.2, 0) is 4.79 Å². The number of dihydropyridines is 1. The molecule has 1 heterocycles. The Labute approximate surface area is 72.0 Å². The predicted molar refractivity (Wildman–Crippen MR) is 49.5 cm³/mol. The summed E-state index contributed by atoms with van der Waals surface area (Å²) in [7, 11) is 0. The van der Waals surface area contributed by atoms with E-state index in [0.29, 0.717) is 0 Å². The summed E-state index contributed by atoms with van der Waals surface area (Å²) in [5, 5.41) is 2.93. The van der Waals surface area contributed by atoms with Crippen LogP contribution < -0.4 is 5.32 Å². The fourth-order valence-electron chi connectivity index (χ4n) is 0.914. The van der Waals surface area contributed by atoms with Crippen LogP contribution in [0.4, 0.5) is 0 Å². The number of nitrogens with one attached hydrogen (secondary N) is 1. The number of allylic oxidation sites excluding steroid dienone is 3. The van der Waals surface area contributed by atoms with Gasteiger partial charge < -0.3 is 5.32 Å². The second-order valence-corrected chi connectivity index (χ2v) is 2.58. The molecule has 1 rings (SSSR count). The van der Waals surface area contributed by atoms with Crippen LogP contribution in [0, 0.1) is 0 Å². The Bertz CT molecular complexity index is 266. The van der Waals surface area contributed by atoms with Crippen molar-refractivity contribution in [3.05, 3.63) is 49.2 Å². The molecule has 12 heavy (non-hydrogen) atoms. The highest BCUT2D eigenvalue weighted by Gasteiger charge is 2.22. The van der Waals surface area contributed by atoms with E-state index in [-0.39, 0.29) is 0 Å². The highest BCUT2D eigenvalue weighted by Crippen LogP contribution is 2.13. The second kappa shape index (κ2) is 3.22. The molecule has 0 radical (unpaired) electrons. The van der Waals surface area contributed by atoms with Gasteiger partial charge in [-0.2, -0.15) is 0 Å². The first-order chi connectivity index (χ1) is 5.76. The van der Waals surface area contributed by atoms with Gasteiger partial charge in [-0.25, -0.2) is 0 Å². The zero-order valence-electron chi connectivity index (χ0n) is 6.79. The van der Waals surface area contributed by atoms with E-state index in [0.717, 1.165) is 11.9 Å². The van der Waals surface area contributed by atoms with Crippen LogP contribution in [0.1, 0.15) is 0 Å². The van der Waals surface area contributed by atoms with E-state index in [1.807, 2.05) is 6.08 Å². The topological polar surface area (TPSA) is 29.1 Å². The van der Waals surface area contributed by atoms with Crippen LogP contribution in [0.15, 0.2) is 49.2 Å². The molecule has 0 aromatic carbocycles. The Kier molecular flexibility index (Phi) is 2.29. The molecule has 2 heteroatoms. The van der Waals surface area contributed by atoms with Crippen LogP contribution in [0.2, 0.25) is 0 Å². The Morgan fingerprint density at radius 2 is 2.25 bits per heavy atom. The van der Waals surface area contributed by atoms with Crippen molar-refractivity contribution in [1.29, 1.82) is 0 Å². The van der Waals surface area contributed by atoms with Gasteiger partial charge in [0.2, 0.25) is 0 Å². The third kappa shape index (κ3) is 1.37. The zero-order valence-corrected chi connectivity index (χ0v) is 6.79. The van der Waals surface area contributed by atoms with Crippen molar-refractivity contribution in [1.82, 2.24) is 5.32 Å². The molecule has 1 aliphatic heterocycles. The molecule has 0 aromatic rings. The van der Waals surface area contributed by atoms with Crippen molar-refractivity contribution < 1.29 is 4.79 Å². The maximum Gasteiger partial charge on any atom is 0.153 e. The predicted octanol–water partition coefficient (Wildman–Crippen LogP) is 1.34. The Balaban J connectivity index is 2.87. The van der Waals surface area contributed by atoms with Crippen molar-refractivity contribution in [2.24, 2.45) is 0 Å². The van der Waals surface area contributed by atoms with Crippen LogP contribution in [0.25, 0.3) is 0 Å². The molecule has 0 saturated heterocycles. The molecule has 2 nitrogen and oxygen atoms in total. The summed E-state index contributed by atoms with van der Waals surface area (Å²) < 4.78 is 0. The molecular formula is C10H11NO. The summed E-state index contributed by atoms with van der Waals surface area (Å²) in [5.41, 5.74) is 0.223. The van der Waals surface area contributed by atoms with E-state index in [2.05, 4.69) is 18.5 Å². The van der Waals surface area contributed by atoms with Gasteiger partial charge >= 0.3 is 0 Å². The lowest BCUT2D eigenvalue weighted by molar-refractivity contribution is -0.110. The first kappa shape index (κ1) is 8.53. The Hall–Kier alpha value is -1.57. The van der Waals surface area contributed by atoms with E-state index in [1.54, 1.807) is 24.4 Å². The summed E-state index contributed by atoms with van der Waals surface area (Å²) in [6.45, 7) is 7.19. The van der Waals surface area contributed by atoms with Gasteiger partial charge in [-0.05, 0) is 11.6 Å². The molecule has 0 fully saturated rings. The largest absolute Gasteiger partial charge is 0.372 e. The molecule has 0 spiro atoms. The molecule has 0 saturated carbocycles. The summed E-state index contributed by atoms with van der Waals surface area (Å²) in [6, 6.07) is 0. The SMILES string of the molecule is C=CC1=CNC(C=C)(C=O)C=C1. The lowest BCUT2D eigenvalue weighted by atomic mass is 9.97. The number of hydrogen-bond acceptors (Lipinski definition) is 2. The minimum atomic E-state index is -0.730. The summed E-state index contributed by atoms with van der Waals surface area (Å²) >= 11 is 0. The number of carbonyl (C=O) groups is 1. The first-order valence-corrected chi connectivity index (χ1v) is 3.66. The van der Waals surface area contributed by atoms with Crippen LogP contribution in [0.5, 0.6) is 0 Å². The van der Waals surface area contributed by atoms with Gasteiger partial charge in [-0.3, -0.25) is 4.79 Å². The Morgan fingerprint density at radius 3 is 2.58 bits per heavy atom. The average Bonchev–Trinajstić information content (AvgIpc) is 2.18. The normalized spacial score (nSPS) is 26.8. The maximum atomic E-state index is 10.7. The highest BCUT2D eigenvalue weighted by atomic mass is 16.1. The van der Waals surface area contributed by atoms with E-state index >= 15 is 0 Å². The molecule has 0 amide bonds. The molecular weight excluding hydrogens is 150 g/mol. The Morgan fingerprint density at radius 1 is 1.50 bits per heavy atom. The van der Waals surface area contributed by atoms with Crippen molar-refractivity contribution in [3.8, 4) is 0 Å². The molecule has 0 aliphatic carbocycles. The minimum Gasteiger partial charge on any atom is -0.372 e. The summed E-state index contributed by atoms with van der Waals surface area (Å²) in [6.07, 6.45) is 9.41. The van der Waals surface area contributed by atoms with Crippen molar-refractivity contribution in [3.63, 3.8) is 0 Å². The molecule has 1 unspecified atom stereocenters. The van der Waals surface area contributed by atoms with Crippen LogP contribution in [-0.4, -0.2) is 11.8 Å². The third-order valence-electron chi connectivity index (χ3n) is 1.81. The fourth-order valence-corrected chi connectivity index (χ4v) is 0.914. The van der Waals surface area contributed by atoms with Gasteiger partial charge in [-0.1, -0.05) is 31.4 Å². The monoisotopic (exact) mass is 161 g/mol. The lowest BCUT2D eigenvalue weighted by Crippen LogP contribution is -2.41. The lowest BCUT2D eigenvalue weighted by Gasteiger charge is -2.23. The number of rotatable bonds is 3. The van der Waals surface area contributed by atoms with E-state index in [4.69, 9.17) is 0 Å². The van der Waals surface area contributed by atoms with Gasteiger partial charge in [0.05, 0.1) is 0 Å². The summed E-state index contributed by atoms with van der Waals surface area (Å²) in [5.74, 6) is 0. The second-order valence-electron chi connectivity index (χ2n) is 2.58. The maximum absolute atomic E-state index is 10.7. The van der Waals surface area contributed by atoms with Gasteiger partial charge in [0, 0.05) is 6.20 Å². The number of carbonyl (C=O) groups excluding carboxylic acids is 1. The van der Waals surface area contributed by atoms with Crippen LogP contribution >= 0.6 is 0 Å². The number of aldehydes is 1. The molecule has 0 bridgehead atoms. The van der Waals surface area contributed by atoms with Gasteiger partial charge in [0.1, 0.15) is 5.54 Å². The fraction of sp³-hybridized carbons (Fsp3) is 0.100. The quantitative estimate of drug-likeness (QED) is 0.500. The van der Waals surface area contributed by atoms with Crippen molar-refractivity contribution in [2.75, 3.05) is 0 Å². The van der Waals surface area contributed by atoms with Crippen molar-refractivity contribution >= 4 is 6.29 Å². The standard InChI is InChI=1S/C10H11NO/c1-3-9-5-6-10(4-2,8-12)11-7-9/h3-8,11H,1-2H2. The minimum absolute atomic E-state index is 0.730. The van der Waals surface area contributed by atoms with Gasteiger partial charge in [0.15, 0.2) is 6.29 Å². The van der Waals surface area contributed by atoms with E-state index in [1.165, 1.54) is 0 Å². The molecule has 62 valence electrons. The third-order valence-corrected chi connectivity index (χ3v) is 1.81. The summed E-state index contributed by atoms with van der Waals surface area (Å²) in [4.78, 5) is 10.7. The van der Waals surface area contributed by atoms with Crippen molar-refractivity contribution in [2.45, 2.75) is 5.54 Å². The molecule has 1 atom stereocenters. The smallest absolute Gasteiger partial charge is 0.153 e. The van der Waals surface area contributed by atoms with Gasteiger partial charge in [0.25, 0.3) is 0 Å². The zero-order chi connectivity index (χ0) is 9.03. The number of hydrogen-bond donors (Lipinski definition) is 1. The van der Waals surface area contributed by atoms with Gasteiger partial charge in [-0.15, -0.1) is 0 Å². The first-order valence-electron chi connectivity index (χ1n) is 3.66. The van der Waals surface area contributed by atoms with E-state index < -0.39 is 5.54 Å². The average molecular weight is 161 g/mol. The molecule has 0 aromatic heterocycles.